The third-order valence-corrected chi connectivity index (χ3v) is 2.90. The lowest BCUT2D eigenvalue weighted by atomic mass is 10.2. The predicted octanol–water partition coefficient (Wildman–Crippen LogP) is 2.75. The molecule has 0 fully saturated rings. The van der Waals surface area contributed by atoms with Crippen LogP contribution in [0.5, 0.6) is 5.88 Å². The van der Waals surface area contributed by atoms with E-state index in [1.54, 1.807) is 16.7 Å². The van der Waals surface area contributed by atoms with Gasteiger partial charge < -0.3 is 10.5 Å². The zero-order chi connectivity index (χ0) is 14.8. The molecule has 2 aromatic rings. The summed E-state index contributed by atoms with van der Waals surface area (Å²) >= 11 is 0. The first-order chi connectivity index (χ1) is 9.40. The van der Waals surface area contributed by atoms with Gasteiger partial charge in [0.25, 0.3) is 0 Å². The van der Waals surface area contributed by atoms with E-state index in [2.05, 4.69) is 9.97 Å². The minimum atomic E-state index is -4.12. The number of nitrogens with zero attached hydrogens (tertiary/aromatic N) is 3. The lowest BCUT2D eigenvalue weighted by Gasteiger charge is -2.08. The van der Waals surface area contributed by atoms with Gasteiger partial charge in [0.1, 0.15) is 5.52 Å². The third kappa shape index (κ3) is 3.31. The summed E-state index contributed by atoms with van der Waals surface area (Å²) in [6.45, 7) is 0.346. The van der Waals surface area contributed by atoms with Crippen LogP contribution in [0.2, 0.25) is 0 Å². The van der Waals surface area contributed by atoms with Crippen molar-refractivity contribution in [3.8, 4) is 5.88 Å². The van der Waals surface area contributed by atoms with Gasteiger partial charge in [-0.2, -0.15) is 18.2 Å². The fourth-order valence-corrected chi connectivity index (χ4v) is 1.93. The fraction of sp³-hybridized carbons (Fsp3) is 0.500. The van der Waals surface area contributed by atoms with Crippen molar-refractivity contribution >= 4 is 17.1 Å². The fourth-order valence-electron chi connectivity index (χ4n) is 1.93. The van der Waals surface area contributed by atoms with Crippen LogP contribution in [0.1, 0.15) is 19.3 Å². The number of halogens is 3. The van der Waals surface area contributed by atoms with Gasteiger partial charge in [-0.3, -0.25) is 4.57 Å². The number of hydrogen-bond donors (Lipinski definition) is 1. The number of pyridine rings is 1. The van der Waals surface area contributed by atoms with Crippen LogP contribution in [0.25, 0.3) is 11.2 Å². The lowest BCUT2D eigenvalue weighted by molar-refractivity contribution is -0.135. The molecule has 2 N–H and O–H groups in total. The van der Waals surface area contributed by atoms with E-state index < -0.39 is 12.6 Å². The highest BCUT2D eigenvalue weighted by Gasteiger charge is 2.25. The number of nitrogens with two attached hydrogens (primary N) is 1. The second-order valence-electron chi connectivity index (χ2n) is 4.39. The molecule has 0 aromatic carbocycles. The van der Waals surface area contributed by atoms with Gasteiger partial charge in [-0.05, 0) is 18.9 Å². The van der Waals surface area contributed by atoms with Crippen LogP contribution in [0.3, 0.4) is 0 Å². The van der Waals surface area contributed by atoms with Gasteiger partial charge in [0.15, 0.2) is 5.65 Å². The number of ether oxygens (including phenoxy) is 1. The molecule has 0 aliphatic carbocycles. The molecule has 0 bridgehead atoms. The molecule has 0 atom stereocenters. The molecule has 2 heterocycles. The number of aromatic nitrogens is 3. The highest BCUT2D eigenvalue weighted by molar-refractivity contribution is 5.74. The Bertz CT molecular complexity index is 594. The summed E-state index contributed by atoms with van der Waals surface area (Å²) < 4.78 is 42.9. The number of aryl methyl sites for hydroxylation is 1. The SMILES string of the molecule is COc1ccc2nc(N)n(CCCCC(F)(F)F)c2n1. The Balaban J connectivity index is 2.10. The molecule has 0 radical (unpaired) electrons. The van der Waals surface area contributed by atoms with Gasteiger partial charge in [-0.15, -0.1) is 0 Å². The molecule has 20 heavy (non-hydrogen) atoms. The van der Waals surface area contributed by atoms with Crippen molar-refractivity contribution in [1.29, 1.82) is 0 Å². The van der Waals surface area contributed by atoms with Gasteiger partial charge >= 0.3 is 6.18 Å². The number of imidazole rings is 1. The van der Waals surface area contributed by atoms with E-state index in [0.717, 1.165) is 0 Å². The second kappa shape index (κ2) is 5.56. The van der Waals surface area contributed by atoms with Crippen LogP contribution in [-0.4, -0.2) is 27.8 Å². The van der Waals surface area contributed by atoms with E-state index in [-0.39, 0.29) is 12.4 Å². The summed E-state index contributed by atoms with van der Waals surface area (Å²) in [4.78, 5) is 8.33. The molecule has 0 aliphatic heterocycles. The predicted molar refractivity (Wildman–Crippen MR) is 68.4 cm³/mol. The van der Waals surface area contributed by atoms with Gasteiger partial charge in [0.2, 0.25) is 11.8 Å². The maximum absolute atomic E-state index is 12.1. The first-order valence-electron chi connectivity index (χ1n) is 6.14. The minimum absolute atomic E-state index is 0.0482. The summed E-state index contributed by atoms with van der Waals surface area (Å²) in [6.07, 6.45) is -4.51. The van der Waals surface area contributed by atoms with E-state index >= 15 is 0 Å². The summed E-state index contributed by atoms with van der Waals surface area (Å²) in [5, 5.41) is 0. The van der Waals surface area contributed by atoms with Crippen molar-refractivity contribution in [3.63, 3.8) is 0 Å². The van der Waals surface area contributed by atoms with Crippen molar-refractivity contribution in [3.05, 3.63) is 12.1 Å². The number of nitrogen functional groups attached to an aromatic ring is 1. The molecule has 0 saturated heterocycles. The largest absolute Gasteiger partial charge is 0.481 e. The smallest absolute Gasteiger partial charge is 0.389 e. The van der Waals surface area contributed by atoms with E-state index in [0.29, 0.717) is 30.0 Å². The van der Waals surface area contributed by atoms with E-state index in [1.165, 1.54) is 7.11 Å². The Morgan fingerprint density at radius 3 is 2.65 bits per heavy atom. The number of alkyl halides is 3. The lowest BCUT2D eigenvalue weighted by Crippen LogP contribution is -2.09. The zero-order valence-electron chi connectivity index (χ0n) is 10.9. The number of hydrogen-bond acceptors (Lipinski definition) is 4. The molecule has 2 rings (SSSR count). The minimum Gasteiger partial charge on any atom is -0.481 e. The van der Waals surface area contributed by atoms with Crippen LogP contribution in [-0.2, 0) is 6.54 Å². The molecule has 8 heteroatoms. The topological polar surface area (TPSA) is 66.0 Å². The average molecular weight is 288 g/mol. The normalized spacial score (nSPS) is 12.0. The third-order valence-electron chi connectivity index (χ3n) is 2.90. The maximum Gasteiger partial charge on any atom is 0.389 e. The van der Waals surface area contributed by atoms with Crippen molar-refractivity contribution in [2.45, 2.75) is 32.0 Å². The van der Waals surface area contributed by atoms with Crippen molar-refractivity contribution in [2.24, 2.45) is 0 Å². The van der Waals surface area contributed by atoms with Gasteiger partial charge in [0.05, 0.1) is 7.11 Å². The van der Waals surface area contributed by atoms with E-state index in [4.69, 9.17) is 10.5 Å². The number of anilines is 1. The summed E-state index contributed by atoms with van der Waals surface area (Å²) in [6, 6.07) is 3.37. The zero-order valence-corrected chi connectivity index (χ0v) is 10.9. The summed E-state index contributed by atoms with van der Waals surface area (Å²) in [7, 11) is 1.49. The number of fused-ring (bicyclic) bond motifs is 1. The molecule has 0 spiro atoms. The Morgan fingerprint density at radius 1 is 1.25 bits per heavy atom. The highest BCUT2D eigenvalue weighted by Crippen LogP contribution is 2.24. The Labute approximate surface area is 113 Å². The number of rotatable bonds is 5. The Hall–Kier alpha value is -1.99. The quantitative estimate of drug-likeness (QED) is 0.859. The standard InChI is InChI=1S/C12H15F3N4O/c1-20-9-5-4-8-10(18-9)19(11(16)17-8)7-3-2-6-12(13,14)15/h4-5H,2-3,6-7H2,1H3,(H2,16,17). The molecule has 0 aliphatic rings. The van der Waals surface area contributed by atoms with Crippen LogP contribution in [0, 0.1) is 0 Å². The Morgan fingerprint density at radius 2 is 2.00 bits per heavy atom. The number of unbranched alkanes of at least 4 members (excludes halogenated alkanes) is 1. The van der Waals surface area contributed by atoms with E-state index in [1.807, 2.05) is 0 Å². The monoisotopic (exact) mass is 288 g/mol. The first-order valence-corrected chi connectivity index (χ1v) is 6.14. The van der Waals surface area contributed by atoms with Crippen LogP contribution in [0.15, 0.2) is 12.1 Å². The number of methoxy groups -OCH3 is 1. The molecule has 2 aromatic heterocycles. The van der Waals surface area contributed by atoms with Gasteiger partial charge in [0, 0.05) is 19.0 Å². The van der Waals surface area contributed by atoms with Crippen molar-refractivity contribution in [2.75, 3.05) is 12.8 Å². The van der Waals surface area contributed by atoms with Gasteiger partial charge in [-0.1, -0.05) is 0 Å². The average Bonchev–Trinajstić information content (AvgIpc) is 2.68. The first kappa shape index (κ1) is 14.4. The molecule has 5 nitrogen and oxygen atoms in total. The Kier molecular flexibility index (Phi) is 4.01. The van der Waals surface area contributed by atoms with Crippen LogP contribution >= 0.6 is 0 Å². The summed E-state index contributed by atoms with van der Waals surface area (Å²) in [5.74, 6) is 0.654. The van der Waals surface area contributed by atoms with E-state index in [9.17, 15) is 13.2 Å². The molecular weight excluding hydrogens is 273 g/mol. The molecule has 0 saturated carbocycles. The molecule has 0 unspecified atom stereocenters. The highest BCUT2D eigenvalue weighted by atomic mass is 19.4. The van der Waals surface area contributed by atoms with Gasteiger partial charge in [-0.25, -0.2) is 4.98 Å². The van der Waals surface area contributed by atoms with Crippen LogP contribution < -0.4 is 10.5 Å². The molecule has 110 valence electrons. The maximum atomic E-state index is 12.1. The second-order valence-corrected chi connectivity index (χ2v) is 4.39. The molecule has 0 amide bonds. The van der Waals surface area contributed by atoms with Crippen molar-refractivity contribution in [1.82, 2.24) is 14.5 Å². The summed E-state index contributed by atoms with van der Waals surface area (Å²) in [5.41, 5.74) is 6.88. The van der Waals surface area contributed by atoms with Crippen LogP contribution in [0.4, 0.5) is 19.1 Å². The van der Waals surface area contributed by atoms with Crippen molar-refractivity contribution < 1.29 is 17.9 Å². The molecular formula is C12H15F3N4O.